The van der Waals surface area contributed by atoms with E-state index in [1.54, 1.807) is 38.4 Å². The van der Waals surface area contributed by atoms with Gasteiger partial charge < -0.3 is 18.9 Å². The van der Waals surface area contributed by atoms with Gasteiger partial charge in [0.05, 0.1) is 6.61 Å². The van der Waals surface area contributed by atoms with E-state index >= 15 is 0 Å². The van der Waals surface area contributed by atoms with Crippen LogP contribution in [0.2, 0.25) is 0 Å². The van der Waals surface area contributed by atoms with Gasteiger partial charge in [-0.05, 0) is 62.7 Å². The van der Waals surface area contributed by atoms with Crippen LogP contribution in [0.1, 0.15) is 35.5 Å². The van der Waals surface area contributed by atoms with Gasteiger partial charge in [-0.1, -0.05) is 30.3 Å². The van der Waals surface area contributed by atoms with Gasteiger partial charge in [-0.25, -0.2) is 4.79 Å². The lowest BCUT2D eigenvalue weighted by Crippen LogP contribution is -2.31. The monoisotopic (exact) mass is 471 g/mol. The number of hydrogen-bond acceptors (Lipinski definition) is 5. The van der Waals surface area contributed by atoms with Gasteiger partial charge in [0, 0.05) is 36.7 Å². The van der Waals surface area contributed by atoms with Crippen LogP contribution in [0.25, 0.3) is 11.8 Å². The first-order valence-corrected chi connectivity index (χ1v) is 11.3. The highest BCUT2D eigenvalue weighted by Gasteiger charge is 2.28. The Morgan fingerprint density at radius 2 is 1.74 bits per heavy atom. The number of carbonyl (C=O) groups is 2. The Morgan fingerprint density at radius 1 is 1.09 bits per heavy atom. The molecule has 180 valence electrons. The predicted octanol–water partition coefficient (Wildman–Crippen LogP) is 4.77. The van der Waals surface area contributed by atoms with E-state index in [1.165, 1.54) is 11.0 Å². The predicted molar refractivity (Wildman–Crippen MR) is 134 cm³/mol. The van der Waals surface area contributed by atoms with Crippen molar-refractivity contribution in [3.05, 3.63) is 88.8 Å². The second kappa shape index (κ2) is 11.2. The van der Waals surface area contributed by atoms with Crippen molar-refractivity contribution in [2.24, 2.45) is 0 Å². The molecule has 0 aliphatic carbocycles. The molecule has 1 aromatic heterocycles. The summed E-state index contributed by atoms with van der Waals surface area (Å²) >= 11 is 0. The number of carbonyl (C=O) groups excluding carboxylic acids is 2. The molecule has 1 heterocycles. The molecule has 1 unspecified atom stereocenters. The van der Waals surface area contributed by atoms with E-state index in [1.807, 2.05) is 67.8 Å². The van der Waals surface area contributed by atoms with E-state index in [2.05, 4.69) is 0 Å². The van der Waals surface area contributed by atoms with Crippen LogP contribution < -0.4 is 4.74 Å². The van der Waals surface area contributed by atoms with Crippen molar-refractivity contribution in [3.8, 4) is 17.5 Å². The molecule has 7 nitrogen and oxygen atoms in total. The van der Waals surface area contributed by atoms with Crippen molar-refractivity contribution in [1.29, 1.82) is 5.26 Å². The van der Waals surface area contributed by atoms with Gasteiger partial charge in [-0.3, -0.25) is 4.79 Å². The van der Waals surface area contributed by atoms with Crippen LogP contribution in [-0.2, 0) is 14.3 Å². The van der Waals surface area contributed by atoms with E-state index in [0.717, 1.165) is 22.8 Å². The summed E-state index contributed by atoms with van der Waals surface area (Å²) in [6.45, 7) is 6.39. The molecule has 0 aliphatic heterocycles. The minimum absolute atomic E-state index is 0.190. The number of nitrogens with zero attached hydrogens (tertiary/aromatic N) is 3. The lowest BCUT2D eigenvalue weighted by atomic mass is 10.1. The Labute approximate surface area is 205 Å². The average molecular weight is 472 g/mol. The molecule has 1 amide bonds. The summed E-state index contributed by atoms with van der Waals surface area (Å²) in [5.74, 6) is -0.466. The second-order valence-electron chi connectivity index (χ2n) is 8.19. The highest BCUT2D eigenvalue weighted by molar-refractivity contribution is 5.99. The second-order valence-corrected chi connectivity index (χ2v) is 8.19. The van der Waals surface area contributed by atoms with Gasteiger partial charge in [0.25, 0.3) is 5.91 Å². The molecular formula is C28H29N3O4. The third-order valence-electron chi connectivity index (χ3n) is 5.51. The van der Waals surface area contributed by atoms with E-state index in [0.29, 0.717) is 17.7 Å². The lowest BCUT2D eigenvalue weighted by molar-refractivity contribution is -0.156. The normalized spacial score (nSPS) is 11.9. The van der Waals surface area contributed by atoms with Crippen LogP contribution in [0.15, 0.2) is 66.2 Å². The number of rotatable bonds is 8. The van der Waals surface area contributed by atoms with Gasteiger partial charge >= 0.3 is 5.97 Å². The van der Waals surface area contributed by atoms with Gasteiger partial charge in [-0.15, -0.1) is 0 Å². The molecule has 0 saturated heterocycles. The Kier molecular flexibility index (Phi) is 8.11. The van der Waals surface area contributed by atoms with E-state index in [-0.39, 0.29) is 5.57 Å². The maximum absolute atomic E-state index is 13.0. The first-order valence-electron chi connectivity index (χ1n) is 11.3. The van der Waals surface area contributed by atoms with E-state index in [4.69, 9.17) is 9.47 Å². The Hall–Kier alpha value is -4.31. The average Bonchev–Trinajstić information content (AvgIpc) is 3.14. The minimum atomic E-state index is -1.15. The topological polar surface area (TPSA) is 84.6 Å². The van der Waals surface area contributed by atoms with Crippen LogP contribution in [0.5, 0.6) is 5.75 Å². The number of amides is 1. The fraction of sp³-hybridized carbons (Fsp3) is 0.250. The van der Waals surface area contributed by atoms with Crippen molar-refractivity contribution in [2.45, 2.75) is 26.9 Å². The molecular weight excluding hydrogens is 442 g/mol. The summed E-state index contributed by atoms with van der Waals surface area (Å²) in [5.41, 5.74) is 3.78. The summed E-state index contributed by atoms with van der Waals surface area (Å²) in [6.07, 6.45) is 0.351. The molecule has 7 heteroatoms. The highest BCUT2D eigenvalue weighted by atomic mass is 16.5. The standard InChI is InChI=1S/C28H29N3O4/c1-6-34-25-14-12-24(13-15-25)31-19(2)16-22(20(31)3)17-23(18-29)28(33)35-26(27(32)30(4)5)21-10-8-7-9-11-21/h7-17,26H,6H2,1-5H3/b23-17-. The molecule has 0 fully saturated rings. The molecule has 1 atom stereocenters. The van der Waals surface area contributed by atoms with Crippen molar-refractivity contribution < 1.29 is 19.1 Å². The molecule has 35 heavy (non-hydrogen) atoms. The molecule has 0 saturated carbocycles. The number of benzene rings is 2. The zero-order chi connectivity index (χ0) is 25.5. The van der Waals surface area contributed by atoms with E-state index < -0.39 is 18.0 Å². The van der Waals surface area contributed by atoms with Crippen molar-refractivity contribution in [3.63, 3.8) is 0 Å². The zero-order valence-corrected chi connectivity index (χ0v) is 20.6. The van der Waals surface area contributed by atoms with Gasteiger partial charge in [0.2, 0.25) is 6.10 Å². The zero-order valence-electron chi connectivity index (χ0n) is 20.6. The third kappa shape index (κ3) is 5.79. The largest absolute Gasteiger partial charge is 0.494 e. The highest BCUT2D eigenvalue weighted by Crippen LogP contribution is 2.26. The molecule has 0 aliphatic rings. The first kappa shape index (κ1) is 25.3. The summed E-state index contributed by atoms with van der Waals surface area (Å²) < 4.78 is 13.1. The number of nitriles is 1. The van der Waals surface area contributed by atoms with Crippen LogP contribution in [-0.4, -0.2) is 42.0 Å². The number of aryl methyl sites for hydroxylation is 1. The Morgan fingerprint density at radius 3 is 2.31 bits per heavy atom. The number of likely N-dealkylation sites (N-methyl/N-ethyl adjacent to an activating group) is 1. The third-order valence-corrected chi connectivity index (χ3v) is 5.51. The maximum atomic E-state index is 13.0. The smallest absolute Gasteiger partial charge is 0.350 e. The SMILES string of the molecule is CCOc1ccc(-n2c(C)cc(/C=C(/C#N)C(=O)OC(C(=O)N(C)C)c3ccccc3)c2C)cc1. The summed E-state index contributed by atoms with van der Waals surface area (Å²) in [7, 11) is 3.17. The fourth-order valence-corrected chi connectivity index (χ4v) is 3.78. The number of aromatic nitrogens is 1. The number of esters is 1. The molecule has 3 aromatic rings. The Bertz CT molecular complexity index is 1270. The summed E-state index contributed by atoms with van der Waals surface area (Å²) in [4.78, 5) is 27.0. The van der Waals surface area contributed by atoms with Crippen molar-refractivity contribution >= 4 is 18.0 Å². The van der Waals surface area contributed by atoms with Crippen LogP contribution in [0.3, 0.4) is 0 Å². The summed E-state index contributed by atoms with van der Waals surface area (Å²) in [5, 5.41) is 9.72. The summed E-state index contributed by atoms with van der Waals surface area (Å²) in [6, 6.07) is 20.3. The Balaban J connectivity index is 1.91. The molecule has 2 aromatic carbocycles. The van der Waals surface area contributed by atoms with Gasteiger partial charge in [0.1, 0.15) is 17.4 Å². The number of hydrogen-bond donors (Lipinski definition) is 0. The number of ether oxygens (including phenoxy) is 2. The molecule has 3 rings (SSSR count). The minimum Gasteiger partial charge on any atom is -0.494 e. The van der Waals surface area contributed by atoms with Crippen LogP contribution in [0, 0.1) is 25.2 Å². The van der Waals surface area contributed by atoms with Crippen LogP contribution >= 0.6 is 0 Å². The lowest BCUT2D eigenvalue weighted by Gasteiger charge is -2.21. The van der Waals surface area contributed by atoms with Crippen molar-refractivity contribution in [1.82, 2.24) is 9.47 Å². The van der Waals surface area contributed by atoms with Gasteiger partial charge in [0.15, 0.2) is 0 Å². The van der Waals surface area contributed by atoms with Crippen LogP contribution in [0.4, 0.5) is 0 Å². The molecule has 0 spiro atoms. The molecule has 0 radical (unpaired) electrons. The fourth-order valence-electron chi connectivity index (χ4n) is 3.78. The maximum Gasteiger partial charge on any atom is 0.350 e. The van der Waals surface area contributed by atoms with Crippen molar-refractivity contribution in [2.75, 3.05) is 20.7 Å². The molecule has 0 bridgehead atoms. The van der Waals surface area contributed by atoms with E-state index in [9.17, 15) is 14.9 Å². The quantitative estimate of drug-likeness (QED) is 0.268. The van der Waals surface area contributed by atoms with Gasteiger partial charge in [-0.2, -0.15) is 5.26 Å². The molecule has 0 N–H and O–H groups in total. The first-order chi connectivity index (χ1) is 16.8.